The Morgan fingerprint density at radius 2 is 2.19 bits per heavy atom. The molecule has 118 valence electrons. The molecule has 2 rings (SSSR count). The van der Waals surface area contributed by atoms with Crippen LogP contribution in [0.2, 0.25) is 0 Å². The topological polar surface area (TPSA) is 79.5 Å². The Morgan fingerprint density at radius 3 is 2.71 bits per heavy atom. The van der Waals surface area contributed by atoms with E-state index in [0.717, 1.165) is 4.90 Å². The zero-order chi connectivity index (χ0) is 15.0. The van der Waals surface area contributed by atoms with Crippen LogP contribution in [0, 0.1) is 0 Å². The van der Waals surface area contributed by atoms with E-state index >= 15 is 0 Å². The molecule has 1 aromatic rings. The molecule has 5 nitrogen and oxygen atoms in total. The zero-order valence-corrected chi connectivity index (χ0v) is 11.7. The van der Waals surface area contributed by atoms with E-state index in [4.69, 9.17) is 5.73 Å². The van der Waals surface area contributed by atoms with Crippen LogP contribution in [0.1, 0.15) is 22.5 Å². The van der Waals surface area contributed by atoms with Gasteiger partial charge in [0.1, 0.15) is 5.69 Å². The minimum atomic E-state index is -4.76. The largest absolute Gasteiger partial charge is 0.419 e. The molecule has 1 amide bonds. The molecule has 1 aliphatic rings. The van der Waals surface area contributed by atoms with Crippen LogP contribution < -0.4 is 5.73 Å². The van der Waals surface area contributed by atoms with Crippen molar-refractivity contribution >= 4 is 18.3 Å². The van der Waals surface area contributed by atoms with Gasteiger partial charge in [0.25, 0.3) is 5.91 Å². The summed E-state index contributed by atoms with van der Waals surface area (Å²) in [6.07, 6.45) is -3.91. The highest BCUT2D eigenvalue weighted by molar-refractivity contribution is 5.92. The number of hydrogen-bond donors (Lipinski definition) is 2. The lowest BCUT2D eigenvalue weighted by Crippen LogP contribution is -2.48. The van der Waals surface area contributed by atoms with Crippen LogP contribution in [-0.2, 0) is 6.54 Å². The van der Waals surface area contributed by atoms with E-state index in [1.807, 2.05) is 0 Å². The number of hydrogen-bond acceptors (Lipinski definition) is 4. The monoisotopic (exact) mass is 325 g/mol. The first-order chi connectivity index (χ1) is 9.27. The van der Waals surface area contributed by atoms with E-state index in [0.29, 0.717) is 5.56 Å². The Labute approximate surface area is 125 Å². The molecule has 1 saturated heterocycles. The number of β-amino-alcohol motifs (C(OH)–C–C–N with tert-alkyl or cyclic N) is 1. The van der Waals surface area contributed by atoms with Gasteiger partial charge in [0, 0.05) is 25.7 Å². The Kier molecular flexibility index (Phi) is 5.19. The highest BCUT2D eigenvalue weighted by atomic mass is 35.5. The predicted octanol–water partition coefficient (Wildman–Crippen LogP) is 1.10. The van der Waals surface area contributed by atoms with E-state index < -0.39 is 30.7 Å². The van der Waals surface area contributed by atoms with Crippen LogP contribution >= 0.6 is 12.4 Å². The molecule has 0 saturated carbocycles. The van der Waals surface area contributed by atoms with Crippen molar-refractivity contribution in [2.45, 2.75) is 24.7 Å². The summed E-state index contributed by atoms with van der Waals surface area (Å²) >= 11 is 0. The van der Waals surface area contributed by atoms with Gasteiger partial charge in [-0.15, -0.1) is 12.4 Å². The summed E-state index contributed by atoms with van der Waals surface area (Å²) in [7, 11) is 0. The highest BCUT2D eigenvalue weighted by Crippen LogP contribution is 2.37. The number of aliphatic hydroxyl groups is 1. The number of nitrogens with two attached hydrogens (primary N) is 1. The lowest BCUT2D eigenvalue weighted by molar-refractivity contribution is -0.253. The van der Waals surface area contributed by atoms with Crippen molar-refractivity contribution in [2.24, 2.45) is 5.73 Å². The minimum Gasteiger partial charge on any atom is -0.379 e. The van der Waals surface area contributed by atoms with Gasteiger partial charge in [-0.1, -0.05) is 0 Å². The summed E-state index contributed by atoms with van der Waals surface area (Å²) in [5.41, 5.74) is 3.28. The molecule has 0 spiro atoms. The first-order valence-corrected chi connectivity index (χ1v) is 6.00. The summed E-state index contributed by atoms with van der Waals surface area (Å²) in [6, 6.07) is 3.06. The molecular weight excluding hydrogens is 311 g/mol. The molecule has 1 aromatic heterocycles. The molecule has 2 heterocycles. The Bertz CT molecular complexity index is 527. The lowest BCUT2D eigenvalue weighted by Gasteiger charge is -2.25. The number of rotatable bonds is 2. The van der Waals surface area contributed by atoms with Crippen LogP contribution in [0.5, 0.6) is 0 Å². The van der Waals surface area contributed by atoms with E-state index in [1.165, 1.54) is 12.3 Å². The third-order valence-electron chi connectivity index (χ3n) is 3.34. The van der Waals surface area contributed by atoms with Crippen LogP contribution in [-0.4, -0.2) is 45.8 Å². The van der Waals surface area contributed by atoms with Crippen molar-refractivity contribution in [1.29, 1.82) is 0 Å². The van der Waals surface area contributed by atoms with E-state index in [-0.39, 0.29) is 31.2 Å². The van der Waals surface area contributed by atoms with Crippen molar-refractivity contribution in [3.63, 3.8) is 0 Å². The van der Waals surface area contributed by atoms with Crippen molar-refractivity contribution < 1.29 is 23.1 Å². The Morgan fingerprint density at radius 1 is 1.52 bits per heavy atom. The summed E-state index contributed by atoms with van der Waals surface area (Å²) in [4.78, 5) is 16.9. The molecule has 1 aliphatic heterocycles. The van der Waals surface area contributed by atoms with Crippen LogP contribution in [0.15, 0.2) is 18.3 Å². The number of halogens is 4. The highest BCUT2D eigenvalue weighted by Gasteiger charge is 2.57. The number of nitrogens with zero attached hydrogens (tertiary/aromatic N) is 2. The third-order valence-corrected chi connectivity index (χ3v) is 3.34. The van der Waals surface area contributed by atoms with Crippen molar-refractivity contribution in [1.82, 2.24) is 9.88 Å². The number of likely N-dealkylation sites (tertiary alicyclic amines) is 1. The molecule has 0 bridgehead atoms. The molecule has 21 heavy (non-hydrogen) atoms. The number of carbonyl (C=O) groups excluding carboxylic acids is 1. The van der Waals surface area contributed by atoms with E-state index in [9.17, 15) is 23.1 Å². The number of carbonyl (C=O) groups is 1. The maximum Gasteiger partial charge on any atom is 0.419 e. The fourth-order valence-electron chi connectivity index (χ4n) is 2.08. The normalized spacial score (nSPS) is 22.0. The van der Waals surface area contributed by atoms with Crippen molar-refractivity contribution in [3.8, 4) is 0 Å². The van der Waals surface area contributed by atoms with Gasteiger partial charge in [-0.25, -0.2) is 0 Å². The molecule has 0 aliphatic carbocycles. The molecule has 9 heteroatoms. The third kappa shape index (κ3) is 3.45. The molecule has 1 unspecified atom stereocenters. The van der Waals surface area contributed by atoms with Crippen molar-refractivity contribution in [2.75, 3.05) is 13.1 Å². The smallest absolute Gasteiger partial charge is 0.379 e. The first kappa shape index (κ1) is 17.7. The summed E-state index contributed by atoms with van der Waals surface area (Å²) in [6.45, 7) is -0.734. The summed E-state index contributed by atoms with van der Waals surface area (Å²) in [5, 5.41) is 9.54. The summed E-state index contributed by atoms with van der Waals surface area (Å²) < 4.78 is 38.0. The molecule has 1 fully saturated rings. The van der Waals surface area contributed by atoms with Gasteiger partial charge in [-0.2, -0.15) is 13.2 Å². The second kappa shape index (κ2) is 6.17. The van der Waals surface area contributed by atoms with E-state index in [1.54, 1.807) is 6.07 Å². The fraction of sp³-hybridized carbons (Fsp3) is 0.500. The molecule has 0 radical (unpaired) electrons. The Hall–Kier alpha value is -1.38. The standard InChI is InChI=1S/C12H14F3N3O2.ClH/c13-12(14,15)11(20)2-4-18(7-11)10(19)9-5-8(6-16)1-3-17-9;/h1,3,5,20H,2,4,6-7,16H2;1H. The van der Waals surface area contributed by atoms with Gasteiger partial charge in [0.2, 0.25) is 0 Å². The molecular formula is C12H15ClF3N3O2. The second-order valence-corrected chi connectivity index (χ2v) is 4.76. The zero-order valence-electron chi connectivity index (χ0n) is 10.9. The molecule has 0 aromatic carbocycles. The van der Waals surface area contributed by atoms with Crippen LogP contribution in [0.3, 0.4) is 0 Å². The maximum absolute atomic E-state index is 12.7. The lowest BCUT2D eigenvalue weighted by atomic mass is 10.0. The number of pyridine rings is 1. The number of alkyl halides is 3. The van der Waals surface area contributed by atoms with Gasteiger partial charge in [-0.05, 0) is 17.7 Å². The van der Waals surface area contributed by atoms with Gasteiger partial charge in [0.15, 0.2) is 5.60 Å². The van der Waals surface area contributed by atoms with Crippen LogP contribution in [0.25, 0.3) is 0 Å². The Balaban J connectivity index is 0.00000220. The van der Waals surface area contributed by atoms with Crippen molar-refractivity contribution in [3.05, 3.63) is 29.6 Å². The predicted molar refractivity (Wildman–Crippen MR) is 70.9 cm³/mol. The minimum absolute atomic E-state index is 0. The SMILES string of the molecule is Cl.NCc1ccnc(C(=O)N2CCC(O)(C(F)(F)F)C2)c1. The average Bonchev–Trinajstić information content (AvgIpc) is 2.81. The number of amides is 1. The molecule has 3 N–H and O–H groups in total. The first-order valence-electron chi connectivity index (χ1n) is 6.00. The van der Waals surface area contributed by atoms with Gasteiger partial charge in [0.05, 0.1) is 6.54 Å². The van der Waals surface area contributed by atoms with E-state index in [2.05, 4.69) is 4.98 Å². The number of aromatic nitrogens is 1. The average molecular weight is 326 g/mol. The van der Waals surface area contributed by atoms with Crippen LogP contribution in [0.4, 0.5) is 13.2 Å². The quantitative estimate of drug-likeness (QED) is 0.853. The van der Waals surface area contributed by atoms with Gasteiger partial charge >= 0.3 is 6.18 Å². The molecule has 1 atom stereocenters. The maximum atomic E-state index is 12.7. The fourth-order valence-corrected chi connectivity index (χ4v) is 2.08. The summed E-state index contributed by atoms with van der Waals surface area (Å²) in [5.74, 6) is -0.638. The second-order valence-electron chi connectivity index (χ2n) is 4.76. The van der Waals surface area contributed by atoms with Gasteiger partial charge < -0.3 is 15.7 Å². The van der Waals surface area contributed by atoms with Gasteiger partial charge in [-0.3, -0.25) is 9.78 Å².